The van der Waals surface area contributed by atoms with Crippen LogP contribution < -0.4 is 11.2 Å². The predicted molar refractivity (Wildman–Crippen MR) is 90.9 cm³/mol. The summed E-state index contributed by atoms with van der Waals surface area (Å²) in [5, 5.41) is 8.78. The van der Waals surface area contributed by atoms with Crippen LogP contribution in [0.4, 0.5) is 0 Å². The number of aliphatic hydroxyl groups is 1. The molecule has 1 aromatic carbocycles. The number of hydrogen-bond donors (Lipinski definition) is 2. The first-order valence-corrected chi connectivity index (χ1v) is 7.65. The van der Waals surface area contributed by atoms with E-state index in [1.54, 1.807) is 6.92 Å². The summed E-state index contributed by atoms with van der Waals surface area (Å²) in [7, 11) is 0. The number of nitrogens with one attached hydrogen (secondary N) is 1. The van der Waals surface area contributed by atoms with Gasteiger partial charge in [0.1, 0.15) is 13.3 Å². The van der Waals surface area contributed by atoms with Crippen molar-refractivity contribution in [3.8, 4) is 11.8 Å². The number of aromatic amines is 1. The Hall–Kier alpha value is -2.62. The number of aliphatic hydroxyl groups excluding tert-OH is 1. The fourth-order valence-corrected chi connectivity index (χ4v) is 2.36. The smallest absolute Gasteiger partial charge is 0.330 e. The monoisotopic (exact) mass is 328 g/mol. The van der Waals surface area contributed by atoms with Crippen molar-refractivity contribution < 1.29 is 9.84 Å². The van der Waals surface area contributed by atoms with Crippen molar-refractivity contribution in [1.82, 2.24) is 9.55 Å². The number of ether oxygens (including phenoxy) is 1. The molecule has 1 aromatic heterocycles. The standard InChI is InChI=1S/C18H20N2O4/c1-3-24-12-20-16(13(2)17(22)19-18(20)23)11-15-7-4-6-14(10-15)8-5-9-21/h4,6-7,10,21H,3,9,11-12H2,1-2H3,(H,19,22,23). The van der Waals surface area contributed by atoms with E-state index < -0.39 is 5.69 Å². The summed E-state index contributed by atoms with van der Waals surface area (Å²) >= 11 is 0. The number of nitrogens with zero attached hydrogens (tertiary/aromatic N) is 1. The zero-order valence-electron chi connectivity index (χ0n) is 13.8. The predicted octanol–water partition coefficient (Wildman–Crippen LogP) is 0.774. The maximum atomic E-state index is 12.1. The Morgan fingerprint density at radius 1 is 1.33 bits per heavy atom. The first-order valence-electron chi connectivity index (χ1n) is 7.65. The molecule has 126 valence electrons. The zero-order chi connectivity index (χ0) is 17.5. The molecule has 6 nitrogen and oxygen atoms in total. The highest BCUT2D eigenvalue weighted by Gasteiger charge is 2.12. The lowest BCUT2D eigenvalue weighted by Crippen LogP contribution is -2.35. The van der Waals surface area contributed by atoms with Crippen LogP contribution in [-0.4, -0.2) is 27.9 Å². The van der Waals surface area contributed by atoms with Crippen molar-refractivity contribution >= 4 is 0 Å². The molecule has 6 heteroatoms. The van der Waals surface area contributed by atoms with Gasteiger partial charge in [0.25, 0.3) is 5.56 Å². The van der Waals surface area contributed by atoms with Gasteiger partial charge >= 0.3 is 5.69 Å². The summed E-state index contributed by atoms with van der Waals surface area (Å²) in [4.78, 5) is 26.3. The van der Waals surface area contributed by atoms with Crippen LogP contribution in [0.15, 0.2) is 33.9 Å². The van der Waals surface area contributed by atoms with Gasteiger partial charge in [-0.15, -0.1) is 0 Å². The van der Waals surface area contributed by atoms with Crippen LogP contribution in [0.25, 0.3) is 0 Å². The van der Waals surface area contributed by atoms with Gasteiger partial charge in [0.2, 0.25) is 0 Å². The molecule has 2 aromatic rings. The maximum absolute atomic E-state index is 12.1. The third kappa shape index (κ3) is 4.22. The summed E-state index contributed by atoms with van der Waals surface area (Å²) in [5.41, 5.74) is 1.91. The second-order valence-electron chi connectivity index (χ2n) is 5.22. The Morgan fingerprint density at radius 3 is 2.83 bits per heavy atom. The largest absolute Gasteiger partial charge is 0.384 e. The second kappa shape index (κ2) is 8.29. The van der Waals surface area contributed by atoms with E-state index in [1.165, 1.54) is 4.57 Å². The fourth-order valence-electron chi connectivity index (χ4n) is 2.36. The lowest BCUT2D eigenvalue weighted by atomic mass is 10.0. The minimum Gasteiger partial charge on any atom is -0.384 e. The molecule has 1 heterocycles. The Balaban J connectivity index is 2.45. The van der Waals surface area contributed by atoms with Crippen LogP contribution >= 0.6 is 0 Å². The molecule has 0 saturated heterocycles. The number of benzene rings is 1. The SMILES string of the molecule is CCOCn1c(Cc2cccc(C#CCO)c2)c(C)c(=O)[nH]c1=O. The Morgan fingerprint density at radius 2 is 2.12 bits per heavy atom. The van der Waals surface area contributed by atoms with Crippen LogP contribution in [0, 0.1) is 18.8 Å². The summed E-state index contributed by atoms with van der Waals surface area (Å²) in [6.07, 6.45) is 0.409. The van der Waals surface area contributed by atoms with E-state index in [1.807, 2.05) is 31.2 Å². The highest BCUT2D eigenvalue weighted by molar-refractivity contribution is 5.38. The van der Waals surface area contributed by atoms with Crippen LogP contribution in [0.3, 0.4) is 0 Å². The summed E-state index contributed by atoms with van der Waals surface area (Å²) in [5.74, 6) is 5.45. The first kappa shape index (κ1) is 17.7. The van der Waals surface area contributed by atoms with E-state index >= 15 is 0 Å². The van der Waals surface area contributed by atoms with Crippen LogP contribution in [0.1, 0.15) is 29.3 Å². The van der Waals surface area contributed by atoms with Gasteiger partial charge in [0, 0.05) is 29.8 Å². The highest BCUT2D eigenvalue weighted by Crippen LogP contribution is 2.12. The van der Waals surface area contributed by atoms with E-state index in [-0.39, 0.29) is 18.9 Å². The molecular weight excluding hydrogens is 308 g/mol. The molecule has 2 N–H and O–H groups in total. The molecule has 0 aliphatic heterocycles. The van der Waals surface area contributed by atoms with Crippen LogP contribution in [-0.2, 0) is 17.9 Å². The molecule has 0 bridgehead atoms. The summed E-state index contributed by atoms with van der Waals surface area (Å²) in [6, 6.07) is 7.47. The number of aromatic nitrogens is 2. The van der Waals surface area contributed by atoms with Crippen LogP contribution in [0.2, 0.25) is 0 Å². The minimum atomic E-state index is -0.481. The molecule has 0 spiro atoms. The fraction of sp³-hybridized carbons (Fsp3) is 0.333. The normalized spacial score (nSPS) is 10.3. The molecule has 0 amide bonds. The quantitative estimate of drug-likeness (QED) is 0.794. The first-order chi connectivity index (χ1) is 11.6. The average Bonchev–Trinajstić information content (AvgIpc) is 2.57. The number of H-pyrrole nitrogens is 1. The molecule has 0 atom stereocenters. The van der Waals surface area contributed by atoms with E-state index in [4.69, 9.17) is 9.84 Å². The van der Waals surface area contributed by atoms with Crippen molar-refractivity contribution in [3.05, 3.63) is 67.5 Å². The van der Waals surface area contributed by atoms with Gasteiger partial charge in [-0.1, -0.05) is 24.0 Å². The third-order valence-electron chi connectivity index (χ3n) is 3.60. The van der Waals surface area contributed by atoms with Crippen molar-refractivity contribution in [2.24, 2.45) is 0 Å². The second-order valence-corrected chi connectivity index (χ2v) is 5.22. The number of hydrogen-bond acceptors (Lipinski definition) is 4. The molecule has 2 rings (SSSR count). The third-order valence-corrected chi connectivity index (χ3v) is 3.60. The molecule has 0 saturated carbocycles. The van der Waals surface area contributed by atoms with E-state index in [0.29, 0.717) is 24.3 Å². The summed E-state index contributed by atoms with van der Waals surface area (Å²) in [6.45, 7) is 3.88. The lowest BCUT2D eigenvalue weighted by molar-refractivity contribution is 0.0822. The molecule has 24 heavy (non-hydrogen) atoms. The Labute approximate surface area is 139 Å². The Kier molecular flexibility index (Phi) is 6.13. The zero-order valence-corrected chi connectivity index (χ0v) is 13.8. The van der Waals surface area contributed by atoms with Crippen molar-refractivity contribution in [3.63, 3.8) is 0 Å². The molecule has 0 aliphatic carbocycles. The number of rotatable bonds is 5. The molecule has 0 radical (unpaired) electrons. The van der Waals surface area contributed by atoms with Crippen LogP contribution in [0.5, 0.6) is 0 Å². The van der Waals surface area contributed by atoms with E-state index in [2.05, 4.69) is 16.8 Å². The molecular formula is C18H20N2O4. The van der Waals surface area contributed by atoms with Gasteiger partial charge in [-0.25, -0.2) is 4.79 Å². The molecule has 0 fully saturated rings. The van der Waals surface area contributed by atoms with Gasteiger partial charge in [-0.2, -0.15) is 0 Å². The van der Waals surface area contributed by atoms with Gasteiger partial charge in [-0.3, -0.25) is 14.3 Å². The van der Waals surface area contributed by atoms with Crippen molar-refractivity contribution in [2.45, 2.75) is 27.0 Å². The van der Waals surface area contributed by atoms with E-state index in [9.17, 15) is 9.59 Å². The minimum absolute atomic E-state index is 0.0896. The molecule has 0 aliphatic rings. The summed E-state index contributed by atoms with van der Waals surface area (Å²) < 4.78 is 6.78. The lowest BCUT2D eigenvalue weighted by Gasteiger charge is -2.14. The van der Waals surface area contributed by atoms with Gasteiger partial charge in [-0.05, 0) is 31.5 Å². The van der Waals surface area contributed by atoms with E-state index in [0.717, 1.165) is 11.1 Å². The van der Waals surface area contributed by atoms with Crippen molar-refractivity contribution in [2.75, 3.05) is 13.2 Å². The van der Waals surface area contributed by atoms with Gasteiger partial charge in [0.05, 0.1) is 0 Å². The topological polar surface area (TPSA) is 84.3 Å². The highest BCUT2D eigenvalue weighted by atomic mass is 16.5. The molecule has 0 unspecified atom stereocenters. The van der Waals surface area contributed by atoms with Crippen molar-refractivity contribution in [1.29, 1.82) is 0 Å². The van der Waals surface area contributed by atoms with Gasteiger partial charge in [0.15, 0.2) is 0 Å². The van der Waals surface area contributed by atoms with Gasteiger partial charge < -0.3 is 9.84 Å². The average molecular weight is 328 g/mol. The Bertz CT molecular complexity index is 884. The maximum Gasteiger partial charge on any atom is 0.330 e.